The number of rotatable bonds is 8. The molecule has 0 aliphatic carbocycles. The highest BCUT2D eigenvalue weighted by molar-refractivity contribution is 6.31. The van der Waals surface area contributed by atoms with Gasteiger partial charge in [0.1, 0.15) is 5.15 Å². The van der Waals surface area contributed by atoms with Crippen LogP contribution < -0.4 is 0 Å². The summed E-state index contributed by atoms with van der Waals surface area (Å²) < 4.78 is 8.56. The van der Waals surface area contributed by atoms with Crippen molar-refractivity contribution in [3.8, 4) is 0 Å². The molecule has 0 unspecified atom stereocenters. The Hall–Kier alpha value is -3.00. The molecule has 0 amide bonds. The van der Waals surface area contributed by atoms with Crippen LogP contribution in [0.15, 0.2) is 30.3 Å². The van der Waals surface area contributed by atoms with Crippen LogP contribution in [0.4, 0.5) is 0 Å². The van der Waals surface area contributed by atoms with Crippen molar-refractivity contribution in [2.45, 2.75) is 46.9 Å². The van der Waals surface area contributed by atoms with E-state index in [4.69, 9.17) is 16.3 Å². The van der Waals surface area contributed by atoms with Gasteiger partial charge in [-0.2, -0.15) is 5.10 Å². The maximum Gasteiger partial charge on any atom is 0.331 e. The van der Waals surface area contributed by atoms with Crippen molar-refractivity contribution in [1.29, 1.82) is 0 Å². The van der Waals surface area contributed by atoms with Crippen LogP contribution in [0.2, 0.25) is 5.15 Å². The predicted octanol–water partition coefficient (Wildman–Crippen LogP) is 3.35. The fourth-order valence-corrected chi connectivity index (χ4v) is 3.07. The van der Waals surface area contributed by atoms with E-state index in [2.05, 4.69) is 20.6 Å². The summed E-state index contributed by atoms with van der Waals surface area (Å²) in [5.74, 6) is 0.00605. The van der Waals surface area contributed by atoms with Gasteiger partial charge in [0.25, 0.3) is 0 Å². The molecule has 3 rings (SSSR count). The molecule has 0 aliphatic heterocycles. The van der Waals surface area contributed by atoms with E-state index in [1.807, 2.05) is 45.0 Å². The lowest BCUT2D eigenvalue weighted by Crippen LogP contribution is -2.09. The molecule has 0 N–H and O–H groups in total. The molecule has 2 aromatic heterocycles. The van der Waals surface area contributed by atoms with E-state index in [0.717, 1.165) is 17.7 Å². The molecule has 0 atom stereocenters. The number of nitrogens with zero attached hydrogens (tertiary/aromatic N) is 6. The summed E-state index contributed by atoms with van der Waals surface area (Å²) >= 11 is 6.48. The summed E-state index contributed by atoms with van der Waals surface area (Å²) in [6.07, 6.45) is 3.84. The summed E-state index contributed by atoms with van der Waals surface area (Å²) in [4.78, 5) is 12.1. The van der Waals surface area contributed by atoms with Gasteiger partial charge in [0.15, 0.2) is 12.4 Å². The second kappa shape index (κ2) is 9.47. The molecule has 3 aromatic rings. The average Bonchev–Trinajstić information content (AvgIpc) is 3.25. The zero-order valence-electron chi connectivity index (χ0n) is 16.7. The first-order chi connectivity index (χ1) is 14.0. The number of esters is 1. The Morgan fingerprint density at radius 2 is 1.97 bits per heavy atom. The van der Waals surface area contributed by atoms with Crippen molar-refractivity contribution in [2.75, 3.05) is 0 Å². The third-order valence-corrected chi connectivity index (χ3v) is 4.73. The Bertz CT molecular complexity index is 1010. The number of halogens is 1. The smallest absolute Gasteiger partial charge is 0.331 e. The fraction of sp³-hybridized carbons (Fsp3) is 0.350. The summed E-state index contributed by atoms with van der Waals surface area (Å²) in [6.45, 7) is 7.15. The van der Waals surface area contributed by atoms with E-state index in [9.17, 15) is 4.79 Å². The molecule has 9 heteroatoms. The first-order valence-electron chi connectivity index (χ1n) is 9.36. The molecule has 152 valence electrons. The van der Waals surface area contributed by atoms with Gasteiger partial charge in [-0.25, -0.2) is 14.2 Å². The summed E-state index contributed by atoms with van der Waals surface area (Å²) in [5.41, 5.74) is 3.71. The molecular formula is C20H23ClN6O2. The number of ether oxygens (including phenoxy) is 1. The number of hydrogen-bond donors (Lipinski definition) is 0. The highest BCUT2D eigenvalue weighted by atomic mass is 35.5. The lowest BCUT2D eigenvalue weighted by Gasteiger charge is -2.04. The van der Waals surface area contributed by atoms with Crippen LogP contribution in [-0.2, 0) is 29.2 Å². The molecule has 0 radical (unpaired) electrons. The van der Waals surface area contributed by atoms with Gasteiger partial charge in [-0.1, -0.05) is 48.4 Å². The van der Waals surface area contributed by atoms with E-state index < -0.39 is 5.97 Å². The summed E-state index contributed by atoms with van der Waals surface area (Å²) in [6, 6.07) is 8.18. The third-order valence-electron chi connectivity index (χ3n) is 4.33. The Labute approximate surface area is 174 Å². The molecule has 0 saturated heterocycles. The average molecular weight is 415 g/mol. The van der Waals surface area contributed by atoms with Gasteiger partial charge in [-0.15, -0.1) is 5.10 Å². The molecule has 1 aromatic carbocycles. The zero-order valence-corrected chi connectivity index (χ0v) is 17.4. The first-order valence-corrected chi connectivity index (χ1v) is 9.74. The molecule has 0 fully saturated rings. The molecule has 0 bridgehead atoms. The SMILES string of the molecule is CCCn1nnnc1COC(=O)/C=C/c1c(C)nn(Cc2ccc(C)cc2)c1Cl. The van der Waals surface area contributed by atoms with Crippen molar-refractivity contribution in [1.82, 2.24) is 30.0 Å². The lowest BCUT2D eigenvalue weighted by molar-refractivity contribution is -0.139. The van der Waals surface area contributed by atoms with E-state index in [1.54, 1.807) is 15.4 Å². The van der Waals surface area contributed by atoms with Crippen molar-refractivity contribution in [2.24, 2.45) is 0 Å². The Balaban J connectivity index is 1.63. The van der Waals surface area contributed by atoms with Gasteiger partial charge in [0, 0.05) is 18.2 Å². The van der Waals surface area contributed by atoms with E-state index in [-0.39, 0.29) is 6.61 Å². The van der Waals surface area contributed by atoms with Crippen LogP contribution in [0.25, 0.3) is 6.08 Å². The first kappa shape index (κ1) is 20.7. The van der Waals surface area contributed by atoms with Gasteiger partial charge < -0.3 is 4.74 Å². The number of benzene rings is 1. The van der Waals surface area contributed by atoms with Crippen LogP contribution in [0.1, 0.15) is 41.6 Å². The topological polar surface area (TPSA) is 87.7 Å². The van der Waals surface area contributed by atoms with Gasteiger partial charge in [0.2, 0.25) is 0 Å². The number of carbonyl (C=O) groups is 1. The Morgan fingerprint density at radius 3 is 2.69 bits per heavy atom. The predicted molar refractivity (Wildman–Crippen MR) is 109 cm³/mol. The van der Waals surface area contributed by atoms with Crippen molar-refractivity contribution < 1.29 is 9.53 Å². The number of hydrogen-bond acceptors (Lipinski definition) is 6. The number of aromatic nitrogens is 6. The van der Waals surface area contributed by atoms with E-state index in [0.29, 0.717) is 29.6 Å². The summed E-state index contributed by atoms with van der Waals surface area (Å²) in [5, 5.41) is 16.3. The van der Waals surface area contributed by atoms with Crippen LogP contribution >= 0.6 is 11.6 Å². The molecule has 0 aliphatic rings. The standard InChI is InChI=1S/C20H23ClN6O2/c1-4-11-26-18(22-24-25-26)13-29-19(28)10-9-17-15(3)23-27(20(17)21)12-16-7-5-14(2)6-8-16/h5-10H,4,11-13H2,1-3H3/b10-9+. The molecular weight excluding hydrogens is 392 g/mol. The van der Waals surface area contributed by atoms with Crippen LogP contribution in [0.5, 0.6) is 0 Å². The number of tetrazole rings is 1. The van der Waals surface area contributed by atoms with Crippen LogP contribution in [0.3, 0.4) is 0 Å². The minimum atomic E-state index is -0.502. The molecule has 2 heterocycles. The molecule has 0 saturated carbocycles. The second-order valence-electron chi connectivity index (χ2n) is 6.69. The van der Waals surface area contributed by atoms with Gasteiger partial charge in [-0.3, -0.25) is 0 Å². The largest absolute Gasteiger partial charge is 0.454 e. The number of carbonyl (C=O) groups excluding carboxylic acids is 1. The van der Waals surface area contributed by atoms with Gasteiger partial charge in [-0.05, 0) is 42.3 Å². The highest BCUT2D eigenvalue weighted by Crippen LogP contribution is 2.22. The van der Waals surface area contributed by atoms with Crippen molar-refractivity contribution >= 4 is 23.6 Å². The van der Waals surface area contributed by atoms with E-state index in [1.165, 1.54) is 11.6 Å². The normalized spacial score (nSPS) is 11.3. The van der Waals surface area contributed by atoms with Gasteiger partial charge >= 0.3 is 5.97 Å². The monoisotopic (exact) mass is 414 g/mol. The van der Waals surface area contributed by atoms with Gasteiger partial charge in [0.05, 0.1) is 12.2 Å². The second-order valence-corrected chi connectivity index (χ2v) is 7.05. The molecule has 29 heavy (non-hydrogen) atoms. The minimum Gasteiger partial charge on any atom is -0.454 e. The van der Waals surface area contributed by atoms with Crippen LogP contribution in [-0.4, -0.2) is 36.0 Å². The third kappa shape index (κ3) is 5.29. The summed E-state index contributed by atoms with van der Waals surface area (Å²) in [7, 11) is 0. The quantitative estimate of drug-likeness (QED) is 0.415. The van der Waals surface area contributed by atoms with E-state index >= 15 is 0 Å². The minimum absolute atomic E-state index is 0.00950. The van der Waals surface area contributed by atoms with Crippen LogP contribution in [0, 0.1) is 13.8 Å². The lowest BCUT2D eigenvalue weighted by atomic mass is 10.1. The Morgan fingerprint density at radius 1 is 1.21 bits per heavy atom. The zero-order chi connectivity index (χ0) is 20.8. The molecule has 8 nitrogen and oxygen atoms in total. The van der Waals surface area contributed by atoms with Crippen molar-refractivity contribution in [3.63, 3.8) is 0 Å². The fourth-order valence-electron chi connectivity index (χ4n) is 2.77. The highest BCUT2D eigenvalue weighted by Gasteiger charge is 2.13. The molecule has 0 spiro atoms. The maximum absolute atomic E-state index is 12.1. The number of aryl methyl sites for hydroxylation is 3. The van der Waals surface area contributed by atoms with Crippen molar-refractivity contribution in [3.05, 3.63) is 63.7 Å². The maximum atomic E-state index is 12.1. The Kier molecular flexibility index (Phi) is 6.77.